The number of ether oxygens (including phenoxy) is 3. The first-order chi connectivity index (χ1) is 13.4. The van der Waals surface area contributed by atoms with Crippen molar-refractivity contribution in [3.63, 3.8) is 0 Å². The topological polar surface area (TPSA) is 96.0 Å². The number of hydrogen-bond donors (Lipinski definition) is 0. The molecule has 0 aliphatic heterocycles. The van der Waals surface area contributed by atoms with Crippen molar-refractivity contribution in [2.75, 3.05) is 19.8 Å². The number of ketones is 1. The maximum atomic E-state index is 12.2. The van der Waals surface area contributed by atoms with Gasteiger partial charge in [0.1, 0.15) is 5.78 Å². The Kier molecular flexibility index (Phi) is 11.1. The average molecular weight is 396 g/mol. The van der Waals surface area contributed by atoms with Crippen LogP contribution in [0.3, 0.4) is 0 Å². The summed E-state index contributed by atoms with van der Waals surface area (Å²) < 4.78 is 14.8. The zero-order chi connectivity index (χ0) is 20.9. The molecule has 1 rings (SSSR count). The molecule has 0 spiro atoms. The number of allylic oxidation sites excluding steroid dienone is 2. The molecule has 1 saturated carbocycles. The minimum absolute atomic E-state index is 0.130. The van der Waals surface area contributed by atoms with E-state index in [0.29, 0.717) is 32.3 Å². The minimum atomic E-state index is -0.991. The van der Waals surface area contributed by atoms with E-state index >= 15 is 0 Å². The van der Waals surface area contributed by atoms with Gasteiger partial charge >= 0.3 is 17.9 Å². The monoisotopic (exact) mass is 396 g/mol. The Balaban J connectivity index is 2.58. The van der Waals surface area contributed by atoms with E-state index in [0.717, 1.165) is 6.42 Å². The third kappa shape index (κ3) is 7.82. The first kappa shape index (κ1) is 23.9. The molecule has 7 heteroatoms. The van der Waals surface area contributed by atoms with E-state index in [-0.39, 0.29) is 43.2 Å². The van der Waals surface area contributed by atoms with Gasteiger partial charge in [-0.1, -0.05) is 12.2 Å². The highest BCUT2D eigenvalue weighted by atomic mass is 16.6. The lowest BCUT2D eigenvalue weighted by atomic mass is 9.88. The highest BCUT2D eigenvalue weighted by Crippen LogP contribution is 2.35. The lowest BCUT2D eigenvalue weighted by Crippen LogP contribution is -2.27. The molecule has 28 heavy (non-hydrogen) atoms. The summed E-state index contributed by atoms with van der Waals surface area (Å²) in [5, 5.41) is 0. The zero-order valence-corrected chi connectivity index (χ0v) is 17.1. The molecule has 0 unspecified atom stereocenters. The molecular weight excluding hydrogens is 364 g/mol. The van der Waals surface area contributed by atoms with Gasteiger partial charge in [0, 0.05) is 18.8 Å². The number of esters is 3. The van der Waals surface area contributed by atoms with Gasteiger partial charge in [-0.3, -0.25) is 19.2 Å². The van der Waals surface area contributed by atoms with Crippen LogP contribution in [0.2, 0.25) is 0 Å². The Bertz CT molecular complexity index is 549. The zero-order valence-electron chi connectivity index (χ0n) is 17.1. The van der Waals surface area contributed by atoms with Crippen LogP contribution < -0.4 is 0 Å². The van der Waals surface area contributed by atoms with Crippen LogP contribution >= 0.6 is 0 Å². The molecule has 0 bridgehead atoms. The van der Waals surface area contributed by atoms with Crippen LogP contribution in [0.5, 0.6) is 0 Å². The summed E-state index contributed by atoms with van der Waals surface area (Å²) in [6.07, 6.45) is 6.53. The molecule has 1 fully saturated rings. The second kappa shape index (κ2) is 13.1. The fourth-order valence-corrected chi connectivity index (χ4v) is 3.43. The van der Waals surface area contributed by atoms with Gasteiger partial charge in [0.2, 0.25) is 0 Å². The van der Waals surface area contributed by atoms with Crippen LogP contribution in [0, 0.1) is 17.8 Å². The first-order valence-electron chi connectivity index (χ1n) is 10.1. The molecule has 0 aromatic carbocycles. The summed E-state index contributed by atoms with van der Waals surface area (Å²) in [6.45, 7) is 5.87. The maximum absolute atomic E-state index is 12.2. The SMILES string of the molecule is CCOC(=O)CC[C@@H]1CCC(=O)[C@H]1C/C=C/CC(C(=O)OCC)C(=O)OCC. The van der Waals surface area contributed by atoms with E-state index in [1.165, 1.54) is 0 Å². The number of hydrogen-bond acceptors (Lipinski definition) is 7. The van der Waals surface area contributed by atoms with Crippen LogP contribution in [0.25, 0.3) is 0 Å². The Morgan fingerprint density at radius 2 is 1.61 bits per heavy atom. The van der Waals surface area contributed by atoms with Crippen molar-refractivity contribution in [1.29, 1.82) is 0 Å². The van der Waals surface area contributed by atoms with Crippen LogP contribution in [0.4, 0.5) is 0 Å². The standard InChI is InChI=1S/C21H32O7/c1-4-26-19(23)14-12-15-11-13-18(22)16(15)9-7-8-10-17(20(24)27-5-2)21(25)28-6-3/h7-8,15-17H,4-6,9-14H2,1-3H3/b8-7+/t15-,16-/m0/s1. The van der Waals surface area contributed by atoms with Crippen molar-refractivity contribution in [2.24, 2.45) is 17.8 Å². The Labute approximate surface area is 166 Å². The van der Waals surface area contributed by atoms with Gasteiger partial charge in [-0.2, -0.15) is 0 Å². The number of rotatable bonds is 12. The number of carbonyl (C=O) groups excluding carboxylic acids is 4. The fourth-order valence-electron chi connectivity index (χ4n) is 3.43. The van der Waals surface area contributed by atoms with Gasteiger partial charge in [0.15, 0.2) is 5.92 Å². The van der Waals surface area contributed by atoms with Crippen molar-refractivity contribution >= 4 is 23.7 Å². The van der Waals surface area contributed by atoms with Gasteiger partial charge in [0.25, 0.3) is 0 Å². The van der Waals surface area contributed by atoms with E-state index < -0.39 is 17.9 Å². The Morgan fingerprint density at radius 3 is 2.18 bits per heavy atom. The quantitative estimate of drug-likeness (QED) is 0.216. The molecule has 0 saturated heterocycles. The highest BCUT2D eigenvalue weighted by molar-refractivity contribution is 5.95. The van der Waals surface area contributed by atoms with E-state index in [1.54, 1.807) is 26.8 Å². The van der Waals surface area contributed by atoms with Crippen molar-refractivity contribution in [2.45, 2.75) is 59.3 Å². The van der Waals surface area contributed by atoms with Crippen LogP contribution in [-0.4, -0.2) is 43.5 Å². The molecule has 0 aromatic rings. The van der Waals surface area contributed by atoms with Crippen molar-refractivity contribution in [1.82, 2.24) is 0 Å². The van der Waals surface area contributed by atoms with Gasteiger partial charge in [-0.05, 0) is 52.4 Å². The second-order valence-electron chi connectivity index (χ2n) is 6.71. The van der Waals surface area contributed by atoms with Gasteiger partial charge in [0.05, 0.1) is 19.8 Å². The van der Waals surface area contributed by atoms with E-state index in [1.807, 2.05) is 6.08 Å². The predicted octanol–water partition coefficient (Wildman–Crippen LogP) is 3.00. The van der Waals surface area contributed by atoms with Crippen LogP contribution in [0.1, 0.15) is 59.3 Å². The summed E-state index contributed by atoms with van der Waals surface area (Å²) in [5.74, 6) is -2.20. The first-order valence-corrected chi connectivity index (χ1v) is 10.1. The van der Waals surface area contributed by atoms with Gasteiger partial charge in [-0.25, -0.2) is 0 Å². The Hall–Kier alpha value is -2.18. The van der Waals surface area contributed by atoms with E-state index in [2.05, 4.69) is 0 Å². The largest absolute Gasteiger partial charge is 0.466 e. The smallest absolute Gasteiger partial charge is 0.320 e. The lowest BCUT2D eigenvalue weighted by Gasteiger charge is -2.16. The molecule has 0 N–H and O–H groups in total. The van der Waals surface area contributed by atoms with Crippen molar-refractivity contribution in [3.8, 4) is 0 Å². The van der Waals surface area contributed by atoms with Gasteiger partial charge < -0.3 is 14.2 Å². The third-order valence-electron chi connectivity index (χ3n) is 4.84. The van der Waals surface area contributed by atoms with Crippen LogP contribution in [-0.2, 0) is 33.4 Å². The summed E-state index contributed by atoms with van der Waals surface area (Å²) in [4.78, 5) is 47.6. The average Bonchev–Trinajstić information content (AvgIpc) is 3.00. The molecular formula is C21H32O7. The summed E-state index contributed by atoms with van der Waals surface area (Å²) in [5.41, 5.74) is 0. The molecule has 7 nitrogen and oxygen atoms in total. The maximum Gasteiger partial charge on any atom is 0.320 e. The summed E-state index contributed by atoms with van der Waals surface area (Å²) >= 11 is 0. The predicted molar refractivity (Wildman–Crippen MR) is 102 cm³/mol. The van der Waals surface area contributed by atoms with Gasteiger partial charge in [-0.15, -0.1) is 0 Å². The van der Waals surface area contributed by atoms with Crippen molar-refractivity contribution < 1.29 is 33.4 Å². The summed E-state index contributed by atoms with van der Waals surface area (Å²) in [7, 11) is 0. The molecule has 0 amide bonds. The molecule has 2 atom stereocenters. The highest BCUT2D eigenvalue weighted by Gasteiger charge is 2.34. The molecule has 1 aliphatic rings. The van der Waals surface area contributed by atoms with E-state index in [4.69, 9.17) is 14.2 Å². The molecule has 0 radical (unpaired) electrons. The van der Waals surface area contributed by atoms with Crippen molar-refractivity contribution in [3.05, 3.63) is 12.2 Å². The molecule has 1 aliphatic carbocycles. The van der Waals surface area contributed by atoms with Crippen LogP contribution in [0.15, 0.2) is 12.2 Å². The Morgan fingerprint density at radius 1 is 1.00 bits per heavy atom. The number of carbonyl (C=O) groups is 4. The summed E-state index contributed by atoms with van der Waals surface area (Å²) in [6, 6.07) is 0. The minimum Gasteiger partial charge on any atom is -0.466 e. The molecule has 158 valence electrons. The normalized spacial score (nSPS) is 19.2. The second-order valence-corrected chi connectivity index (χ2v) is 6.71. The third-order valence-corrected chi connectivity index (χ3v) is 4.84. The number of Topliss-reactive ketones (excluding diaryl/α,β-unsaturated/α-hetero) is 1. The molecule has 0 aromatic heterocycles. The lowest BCUT2D eigenvalue weighted by molar-refractivity contribution is -0.161. The molecule has 0 heterocycles. The fraction of sp³-hybridized carbons (Fsp3) is 0.714. The van der Waals surface area contributed by atoms with E-state index in [9.17, 15) is 19.2 Å².